The third-order valence-corrected chi connectivity index (χ3v) is 7.39. The third kappa shape index (κ3) is 5.35. The van der Waals surface area contributed by atoms with Crippen LogP contribution in [-0.4, -0.2) is 37.5 Å². The Kier molecular flexibility index (Phi) is 7.45. The summed E-state index contributed by atoms with van der Waals surface area (Å²) < 4.78 is 2.03. The van der Waals surface area contributed by atoms with Crippen molar-refractivity contribution < 1.29 is 9.90 Å². The van der Waals surface area contributed by atoms with Crippen molar-refractivity contribution >= 4 is 23.3 Å². The van der Waals surface area contributed by atoms with Crippen molar-refractivity contribution in [3.8, 4) is 34.1 Å². The van der Waals surface area contributed by atoms with Crippen LogP contribution in [0.25, 0.3) is 39.5 Å². The molecule has 3 aromatic heterocycles. The minimum Gasteiger partial charge on any atom is -0.507 e. The summed E-state index contributed by atoms with van der Waals surface area (Å²) in [5.41, 5.74) is 13.7. The minimum atomic E-state index is 0.0101. The van der Waals surface area contributed by atoms with E-state index in [2.05, 4.69) is 41.5 Å². The number of nitrogen functional groups attached to an aromatic ring is 1. The molecule has 0 amide bonds. The molecule has 0 fully saturated rings. The van der Waals surface area contributed by atoms with Gasteiger partial charge in [-0.1, -0.05) is 48.5 Å². The molecule has 3 aromatic carbocycles. The van der Waals surface area contributed by atoms with Crippen LogP contribution in [0.15, 0.2) is 103 Å². The third-order valence-electron chi connectivity index (χ3n) is 7.39. The number of benzene rings is 3. The molecule has 1 unspecified atom stereocenters. The number of phenols is 1. The Morgan fingerprint density at radius 3 is 2.50 bits per heavy atom. The molecule has 0 aliphatic carbocycles. The van der Waals surface area contributed by atoms with E-state index in [1.165, 1.54) is 0 Å². The van der Waals surface area contributed by atoms with Gasteiger partial charge in [-0.05, 0) is 79.5 Å². The first kappa shape index (κ1) is 26.9. The van der Waals surface area contributed by atoms with Gasteiger partial charge in [-0.2, -0.15) is 0 Å². The fraction of sp³-hybridized carbons (Fsp3) is 0.118. The number of carbonyl (C=O) groups is 1. The van der Waals surface area contributed by atoms with Crippen LogP contribution in [0.3, 0.4) is 0 Å². The SMILES string of the molecule is CC(NCCc1ccc(C=O)c(O)c1)c1ccc(-n2c(-c3cccnc3N)nc3ccc(-c4ccccc4)nc32)cc1. The fourth-order valence-electron chi connectivity index (χ4n) is 5.07. The van der Waals surface area contributed by atoms with E-state index in [-0.39, 0.29) is 11.8 Å². The summed E-state index contributed by atoms with van der Waals surface area (Å²) in [6.45, 7) is 2.83. The first-order chi connectivity index (χ1) is 20.5. The lowest BCUT2D eigenvalue weighted by molar-refractivity contribution is 0.112. The molecular formula is C34H30N6O2. The lowest BCUT2D eigenvalue weighted by Crippen LogP contribution is -2.21. The molecule has 0 bridgehead atoms. The predicted molar refractivity (Wildman–Crippen MR) is 166 cm³/mol. The zero-order chi connectivity index (χ0) is 29.1. The molecule has 4 N–H and O–H groups in total. The molecule has 0 spiro atoms. The molecule has 208 valence electrons. The Morgan fingerprint density at radius 1 is 0.952 bits per heavy atom. The number of hydrogen-bond acceptors (Lipinski definition) is 7. The maximum absolute atomic E-state index is 11.0. The summed E-state index contributed by atoms with van der Waals surface area (Å²) in [4.78, 5) is 25.2. The maximum atomic E-state index is 11.0. The van der Waals surface area contributed by atoms with Gasteiger partial charge in [0, 0.05) is 23.5 Å². The highest BCUT2D eigenvalue weighted by Crippen LogP contribution is 2.32. The Balaban J connectivity index is 1.30. The molecule has 6 rings (SSSR count). The Labute approximate surface area is 243 Å². The number of aldehydes is 1. The largest absolute Gasteiger partial charge is 0.507 e. The van der Waals surface area contributed by atoms with Gasteiger partial charge in [0.25, 0.3) is 0 Å². The number of fused-ring (bicyclic) bond motifs is 1. The van der Waals surface area contributed by atoms with Crippen LogP contribution in [0.5, 0.6) is 5.75 Å². The molecule has 0 aliphatic rings. The number of imidazole rings is 1. The van der Waals surface area contributed by atoms with Gasteiger partial charge >= 0.3 is 0 Å². The molecule has 1 atom stereocenters. The van der Waals surface area contributed by atoms with Crippen molar-refractivity contribution in [1.29, 1.82) is 0 Å². The summed E-state index contributed by atoms with van der Waals surface area (Å²) in [6, 6.07) is 31.4. The van der Waals surface area contributed by atoms with Crippen molar-refractivity contribution in [2.45, 2.75) is 19.4 Å². The van der Waals surface area contributed by atoms with E-state index in [1.54, 1.807) is 18.3 Å². The minimum absolute atomic E-state index is 0.0101. The molecule has 8 nitrogen and oxygen atoms in total. The summed E-state index contributed by atoms with van der Waals surface area (Å²) >= 11 is 0. The molecule has 0 aliphatic heterocycles. The van der Waals surface area contributed by atoms with Crippen LogP contribution >= 0.6 is 0 Å². The highest BCUT2D eigenvalue weighted by atomic mass is 16.3. The van der Waals surface area contributed by atoms with Crippen LogP contribution in [0.4, 0.5) is 5.82 Å². The number of nitrogens with zero attached hydrogens (tertiary/aromatic N) is 4. The molecular weight excluding hydrogens is 524 g/mol. The molecule has 0 saturated heterocycles. The molecule has 8 heteroatoms. The lowest BCUT2D eigenvalue weighted by Gasteiger charge is -2.16. The van der Waals surface area contributed by atoms with Crippen molar-refractivity contribution in [2.75, 3.05) is 12.3 Å². The summed E-state index contributed by atoms with van der Waals surface area (Å²) in [5, 5.41) is 13.5. The van der Waals surface area contributed by atoms with Crippen molar-refractivity contribution in [2.24, 2.45) is 0 Å². The van der Waals surface area contributed by atoms with Crippen molar-refractivity contribution in [3.63, 3.8) is 0 Å². The zero-order valence-corrected chi connectivity index (χ0v) is 23.1. The molecule has 42 heavy (non-hydrogen) atoms. The standard InChI is InChI=1S/C34H30N6O2/c1-22(36-19-17-23-9-10-26(21-41)31(42)20-23)24-11-13-27(14-12-24)40-33(28-8-5-18-37-32(28)35)39-30-16-15-29(38-34(30)40)25-6-3-2-4-7-25/h2-16,18,20-22,36,42H,17,19H2,1H3,(H2,35,37). The summed E-state index contributed by atoms with van der Waals surface area (Å²) in [6.07, 6.45) is 3.05. The number of aromatic hydroxyl groups is 1. The van der Waals surface area contributed by atoms with E-state index in [0.717, 1.165) is 51.2 Å². The maximum Gasteiger partial charge on any atom is 0.165 e. The number of carbonyl (C=O) groups excluding carboxylic acids is 1. The van der Waals surface area contributed by atoms with Gasteiger partial charge in [0.1, 0.15) is 17.1 Å². The monoisotopic (exact) mass is 554 g/mol. The number of anilines is 1. The average molecular weight is 555 g/mol. The number of nitrogens with one attached hydrogen (secondary N) is 1. The van der Waals surface area contributed by atoms with E-state index in [4.69, 9.17) is 15.7 Å². The Bertz CT molecular complexity index is 1870. The van der Waals surface area contributed by atoms with Gasteiger partial charge in [-0.25, -0.2) is 15.0 Å². The number of nitrogens with two attached hydrogens (primary N) is 1. The second-order valence-corrected chi connectivity index (χ2v) is 10.1. The van der Waals surface area contributed by atoms with E-state index in [1.807, 2.05) is 65.2 Å². The number of hydrogen-bond donors (Lipinski definition) is 3. The average Bonchev–Trinajstić information content (AvgIpc) is 3.40. The van der Waals surface area contributed by atoms with E-state index in [0.29, 0.717) is 30.0 Å². The van der Waals surface area contributed by atoms with Crippen LogP contribution in [0.1, 0.15) is 34.5 Å². The Morgan fingerprint density at radius 2 is 1.76 bits per heavy atom. The topological polar surface area (TPSA) is 119 Å². The quantitative estimate of drug-likeness (QED) is 0.184. The van der Waals surface area contributed by atoms with Gasteiger partial charge in [0.05, 0.1) is 16.8 Å². The number of pyridine rings is 2. The molecule has 0 saturated carbocycles. The predicted octanol–water partition coefficient (Wildman–Crippen LogP) is 6.14. The first-order valence-electron chi connectivity index (χ1n) is 13.8. The van der Waals surface area contributed by atoms with Crippen LogP contribution in [0.2, 0.25) is 0 Å². The highest BCUT2D eigenvalue weighted by Gasteiger charge is 2.19. The lowest BCUT2D eigenvalue weighted by atomic mass is 10.1. The fourth-order valence-corrected chi connectivity index (χ4v) is 5.07. The number of phenolic OH excluding ortho intramolecular Hbond substituents is 1. The molecule has 0 radical (unpaired) electrons. The zero-order valence-electron chi connectivity index (χ0n) is 23.1. The van der Waals surface area contributed by atoms with Gasteiger partial charge in [0.15, 0.2) is 17.8 Å². The molecule has 3 heterocycles. The van der Waals surface area contributed by atoms with Crippen LogP contribution in [0, 0.1) is 0 Å². The Hall–Kier alpha value is -5.34. The number of aromatic nitrogens is 4. The van der Waals surface area contributed by atoms with Crippen LogP contribution < -0.4 is 11.1 Å². The van der Waals surface area contributed by atoms with Gasteiger partial charge < -0.3 is 16.2 Å². The van der Waals surface area contributed by atoms with Crippen molar-refractivity contribution in [1.82, 2.24) is 24.8 Å². The van der Waals surface area contributed by atoms with Gasteiger partial charge in [0.2, 0.25) is 0 Å². The van der Waals surface area contributed by atoms with E-state index in [9.17, 15) is 9.90 Å². The van der Waals surface area contributed by atoms with E-state index < -0.39 is 0 Å². The number of rotatable bonds is 9. The summed E-state index contributed by atoms with van der Waals surface area (Å²) in [7, 11) is 0. The normalized spacial score (nSPS) is 11.9. The smallest absolute Gasteiger partial charge is 0.165 e. The summed E-state index contributed by atoms with van der Waals surface area (Å²) in [5.74, 6) is 1.09. The second-order valence-electron chi connectivity index (χ2n) is 10.1. The highest BCUT2D eigenvalue weighted by molar-refractivity contribution is 5.84. The van der Waals surface area contributed by atoms with Crippen LogP contribution in [-0.2, 0) is 6.42 Å². The van der Waals surface area contributed by atoms with Gasteiger partial charge in [-0.15, -0.1) is 0 Å². The van der Waals surface area contributed by atoms with E-state index >= 15 is 0 Å². The van der Waals surface area contributed by atoms with Gasteiger partial charge in [-0.3, -0.25) is 9.36 Å². The first-order valence-corrected chi connectivity index (χ1v) is 13.8. The van der Waals surface area contributed by atoms with Crippen molar-refractivity contribution in [3.05, 3.63) is 120 Å². The molecule has 6 aromatic rings. The second kappa shape index (κ2) is 11.6.